The van der Waals surface area contributed by atoms with Crippen LogP contribution in [0.15, 0.2) is 42.5 Å². The molecule has 0 aliphatic rings. The SMILES string of the molecule is COc1ccc(/C(C#N)=C/c2cc(Cl)ccc2O)cc1. The molecule has 2 rings (SSSR count). The fraction of sp³-hybridized carbons (Fsp3) is 0.0625. The Labute approximate surface area is 122 Å². The van der Waals surface area contributed by atoms with Crippen molar-refractivity contribution in [2.24, 2.45) is 0 Å². The van der Waals surface area contributed by atoms with E-state index in [4.69, 9.17) is 16.3 Å². The summed E-state index contributed by atoms with van der Waals surface area (Å²) >= 11 is 5.89. The maximum absolute atomic E-state index is 9.78. The van der Waals surface area contributed by atoms with Crippen LogP contribution in [0.2, 0.25) is 5.02 Å². The third-order valence-electron chi connectivity index (χ3n) is 2.81. The molecule has 2 aromatic carbocycles. The van der Waals surface area contributed by atoms with Gasteiger partial charge in [-0.25, -0.2) is 0 Å². The number of rotatable bonds is 3. The topological polar surface area (TPSA) is 53.2 Å². The molecule has 0 aromatic heterocycles. The Balaban J connectivity index is 2.43. The van der Waals surface area contributed by atoms with Crippen molar-refractivity contribution in [3.05, 3.63) is 58.6 Å². The molecule has 0 bridgehead atoms. The number of halogens is 1. The number of benzene rings is 2. The molecule has 0 unspecified atom stereocenters. The zero-order valence-corrected chi connectivity index (χ0v) is 11.6. The number of allylic oxidation sites excluding steroid dienone is 1. The molecule has 0 amide bonds. The van der Waals surface area contributed by atoms with Crippen molar-refractivity contribution < 1.29 is 9.84 Å². The third kappa shape index (κ3) is 3.11. The lowest BCUT2D eigenvalue weighted by Gasteiger charge is -2.04. The van der Waals surface area contributed by atoms with Gasteiger partial charge in [-0.1, -0.05) is 11.6 Å². The smallest absolute Gasteiger partial charge is 0.122 e. The lowest BCUT2D eigenvalue weighted by Crippen LogP contribution is -1.85. The molecule has 100 valence electrons. The summed E-state index contributed by atoms with van der Waals surface area (Å²) in [6, 6.07) is 13.9. The zero-order valence-electron chi connectivity index (χ0n) is 10.8. The standard InChI is InChI=1S/C16H12ClNO2/c1-20-15-5-2-11(3-6-15)13(10-18)8-12-9-14(17)4-7-16(12)19/h2-9,19H,1H3/b13-8+. The van der Waals surface area contributed by atoms with Gasteiger partial charge < -0.3 is 9.84 Å². The molecule has 0 radical (unpaired) electrons. The summed E-state index contributed by atoms with van der Waals surface area (Å²) in [5.41, 5.74) is 1.68. The van der Waals surface area contributed by atoms with Crippen LogP contribution in [-0.2, 0) is 0 Å². The molecule has 0 spiro atoms. The van der Waals surface area contributed by atoms with Gasteiger partial charge >= 0.3 is 0 Å². The van der Waals surface area contributed by atoms with E-state index in [1.165, 1.54) is 6.07 Å². The van der Waals surface area contributed by atoms with E-state index in [-0.39, 0.29) is 5.75 Å². The molecule has 0 saturated carbocycles. The largest absolute Gasteiger partial charge is 0.507 e. The number of hydrogen-bond acceptors (Lipinski definition) is 3. The molecular weight excluding hydrogens is 274 g/mol. The average Bonchev–Trinajstić information content (AvgIpc) is 2.48. The lowest BCUT2D eigenvalue weighted by atomic mass is 10.0. The van der Waals surface area contributed by atoms with Gasteiger partial charge in [-0.2, -0.15) is 5.26 Å². The summed E-state index contributed by atoms with van der Waals surface area (Å²) in [5.74, 6) is 0.798. The zero-order chi connectivity index (χ0) is 14.5. The van der Waals surface area contributed by atoms with Crippen molar-refractivity contribution in [2.75, 3.05) is 7.11 Å². The van der Waals surface area contributed by atoms with Gasteiger partial charge in [0.25, 0.3) is 0 Å². The molecule has 0 saturated heterocycles. The first kappa shape index (κ1) is 14.0. The molecule has 0 atom stereocenters. The minimum absolute atomic E-state index is 0.0793. The normalized spacial score (nSPS) is 10.9. The highest BCUT2D eigenvalue weighted by Gasteiger charge is 2.05. The van der Waals surface area contributed by atoms with Gasteiger partial charge in [-0.05, 0) is 54.1 Å². The Kier molecular flexibility index (Phi) is 4.29. The average molecular weight is 286 g/mol. The van der Waals surface area contributed by atoms with Gasteiger partial charge in [0.2, 0.25) is 0 Å². The van der Waals surface area contributed by atoms with Gasteiger partial charge in [-0.3, -0.25) is 0 Å². The van der Waals surface area contributed by atoms with Crippen molar-refractivity contribution in [2.45, 2.75) is 0 Å². The fourth-order valence-corrected chi connectivity index (χ4v) is 1.93. The Hall–Kier alpha value is -2.44. The van der Waals surface area contributed by atoms with E-state index in [0.717, 1.165) is 11.3 Å². The molecule has 0 heterocycles. The number of aromatic hydroxyl groups is 1. The summed E-state index contributed by atoms with van der Waals surface area (Å²) in [5, 5.41) is 19.5. The Morgan fingerprint density at radius 2 is 1.95 bits per heavy atom. The second kappa shape index (κ2) is 6.14. The number of ether oxygens (including phenoxy) is 1. The molecule has 2 aromatic rings. The molecule has 0 fully saturated rings. The highest BCUT2D eigenvalue weighted by atomic mass is 35.5. The van der Waals surface area contributed by atoms with Crippen LogP contribution in [0.1, 0.15) is 11.1 Å². The van der Waals surface area contributed by atoms with Crippen molar-refractivity contribution in [3.8, 4) is 17.6 Å². The number of phenolic OH excluding ortho intramolecular Hbond substituents is 1. The van der Waals surface area contributed by atoms with Crippen LogP contribution in [0.25, 0.3) is 11.6 Å². The van der Waals surface area contributed by atoms with Crippen molar-refractivity contribution >= 4 is 23.3 Å². The fourth-order valence-electron chi connectivity index (χ4n) is 1.75. The molecule has 0 aliphatic heterocycles. The van der Waals surface area contributed by atoms with Crippen LogP contribution in [0.5, 0.6) is 11.5 Å². The summed E-state index contributed by atoms with van der Waals surface area (Å²) in [6.07, 6.45) is 1.60. The number of nitriles is 1. The predicted molar refractivity (Wildman–Crippen MR) is 79.6 cm³/mol. The number of methoxy groups -OCH3 is 1. The molecule has 4 heteroatoms. The van der Waals surface area contributed by atoms with Gasteiger partial charge in [0.15, 0.2) is 0 Å². The molecular formula is C16H12ClNO2. The van der Waals surface area contributed by atoms with Gasteiger partial charge in [0.1, 0.15) is 11.5 Å². The van der Waals surface area contributed by atoms with E-state index in [1.54, 1.807) is 49.6 Å². The molecule has 3 nitrogen and oxygen atoms in total. The van der Waals surface area contributed by atoms with Crippen LogP contribution in [0.4, 0.5) is 0 Å². The van der Waals surface area contributed by atoms with Crippen LogP contribution in [0.3, 0.4) is 0 Å². The minimum atomic E-state index is 0.0793. The van der Waals surface area contributed by atoms with Gasteiger partial charge in [0, 0.05) is 10.6 Å². The van der Waals surface area contributed by atoms with E-state index in [2.05, 4.69) is 6.07 Å². The van der Waals surface area contributed by atoms with E-state index in [0.29, 0.717) is 16.2 Å². The van der Waals surface area contributed by atoms with E-state index < -0.39 is 0 Å². The first-order valence-electron chi connectivity index (χ1n) is 5.89. The Morgan fingerprint density at radius 1 is 1.25 bits per heavy atom. The maximum atomic E-state index is 9.78. The van der Waals surface area contributed by atoms with Crippen LogP contribution in [0, 0.1) is 11.3 Å². The van der Waals surface area contributed by atoms with Gasteiger partial charge in [-0.15, -0.1) is 0 Å². The number of phenols is 1. The van der Waals surface area contributed by atoms with Crippen molar-refractivity contribution in [1.29, 1.82) is 5.26 Å². The van der Waals surface area contributed by atoms with Gasteiger partial charge in [0.05, 0.1) is 18.8 Å². The quantitative estimate of drug-likeness (QED) is 0.682. The second-order valence-corrected chi connectivity index (χ2v) is 4.54. The lowest BCUT2D eigenvalue weighted by molar-refractivity contribution is 0.415. The Morgan fingerprint density at radius 3 is 2.55 bits per heavy atom. The summed E-state index contributed by atoms with van der Waals surface area (Å²) in [7, 11) is 1.58. The van der Waals surface area contributed by atoms with Crippen LogP contribution in [-0.4, -0.2) is 12.2 Å². The summed E-state index contributed by atoms with van der Waals surface area (Å²) in [6.45, 7) is 0. The highest BCUT2D eigenvalue weighted by molar-refractivity contribution is 6.30. The first-order valence-corrected chi connectivity index (χ1v) is 6.26. The molecule has 20 heavy (non-hydrogen) atoms. The van der Waals surface area contributed by atoms with Crippen molar-refractivity contribution in [3.63, 3.8) is 0 Å². The van der Waals surface area contributed by atoms with Crippen molar-refractivity contribution in [1.82, 2.24) is 0 Å². The van der Waals surface area contributed by atoms with Crippen LogP contribution < -0.4 is 4.74 Å². The predicted octanol–water partition coefficient (Wildman–Crippen LogP) is 4.12. The van der Waals surface area contributed by atoms with E-state index in [9.17, 15) is 10.4 Å². The van der Waals surface area contributed by atoms with E-state index >= 15 is 0 Å². The number of nitrogens with zero attached hydrogens (tertiary/aromatic N) is 1. The maximum Gasteiger partial charge on any atom is 0.122 e. The Bertz CT molecular complexity index is 685. The highest BCUT2D eigenvalue weighted by Crippen LogP contribution is 2.27. The monoisotopic (exact) mass is 285 g/mol. The summed E-state index contributed by atoms with van der Waals surface area (Å²) in [4.78, 5) is 0. The molecule has 0 aliphatic carbocycles. The third-order valence-corrected chi connectivity index (χ3v) is 3.05. The number of hydrogen-bond donors (Lipinski definition) is 1. The van der Waals surface area contributed by atoms with E-state index in [1.807, 2.05) is 0 Å². The van der Waals surface area contributed by atoms with Crippen LogP contribution >= 0.6 is 11.6 Å². The summed E-state index contributed by atoms with van der Waals surface area (Å²) < 4.78 is 5.08. The molecule has 1 N–H and O–H groups in total. The minimum Gasteiger partial charge on any atom is -0.507 e. The first-order chi connectivity index (χ1) is 9.63. The second-order valence-electron chi connectivity index (χ2n) is 4.10.